The van der Waals surface area contributed by atoms with E-state index < -0.39 is 17.6 Å². The number of amides is 2. The van der Waals surface area contributed by atoms with Gasteiger partial charge < -0.3 is 16.0 Å². The second-order valence-electron chi connectivity index (χ2n) is 5.43. The van der Waals surface area contributed by atoms with Crippen molar-refractivity contribution in [2.24, 2.45) is 5.73 Å². The van der Waals surface area contributed by atoms with Crippen molar-refractivity contribution in [2.75, 3.05) is 13.1 Å². The van der Waals surface area contributed by atoms with E-state index in [-0.39, 0.29) is 44.0 Å². The molecule has 1 aliphatic carbocycles. The highest BCUT2D eigenvalue weighted by atomic mass is 35.5. The van der Waals surface area contributed by atoms with Gasteiger partial charge in [-0.15, -0.1) is 12.4 Å². The summed E-state index contributed by atoms with van der Waals surface area (Å²) in [5, 5.41) is 2.41. The second kappa shape index (κ2) is 8.34. The topological polar surface area (TPSA) is 75.4 Å². The maximum atomic E-state index is 12.5. The predicted molar refractivity (Wildman–Crippen MR) is 84.3 cm³/mol. The summed E-state index contributed by atoms with van der Waals surface area (Å²) >= 11 is 0. The zero-order valence-corrected chi connectivity index (χ0v) is 13.6. The van der Waals surface area contributed by atoms with Crippen LogP contribution in [0.1, 0.15) is 24.0 Å². The van der Waals surface area contributed by atoms with Crippen LogP contribution in [-0.2, 0) is 22.3 Å². The number of carbonyl (C=O) groups is 2. The first-order valence-electron chi connectivity index (χ1n) is 7.23. The average Bonchev–Trinajstić information content (AvgIpc) is 3.34. The number of nitrogens with zero attached hydrogens (tertiary/aromatic N) is 1. The van der Waals surface area contributed by atoms with E-state index >= 15 is 0 Å². The molecule has 0 radical (unpaired) electrons. The molecule has 0 bridgehead atoms. The van der Waals surface area contributed by atoms with Crippen molar-refractivity contribution in [3.05, 3.63) is 35.4 Å². The van der Waals surface area contributed by atoms with Crippen LogP contribution in [0.25, 0.3) is 0 Å². The van der Waals surface area contributed by atoms with E-state index in [9.17, 15) is 22.8 Å². The molecule has 1 aromatic carbocycles. The van der Waals surface area contributed by atoms with Crippen molar-refractivity contribution in [3.63, 3.8) is 0 Å². The van der Waals surface area contributed by atoms with Gasteiger partial charge in [-0.2, -0.15) is 13.2 Å². The van der Waals surface area contributed by atoms with Gasteiger partial charge in [-0.25, -0.2) is 0 Å². The average molecular weight is 366 g/mol. The van der Waals surface area contributed by atoms with Crippen molar-refractivity contribution >= 4 is 24.2 Å². The monoisotopic (exact) mass is 365 g/mol. The summed E-state index contributed by atoms with van der Waals surface area (Å²) < 4.78 is 37.6. The standard InChI is InChI=1S/C15H18F3N3O2.ClH/c16-15(17,18)11-3-1-10(2-4-11)9-21(12-5-6-12)14(23)8-20-13(22)7-19;/h1-4,12H,5-9,19H2,(H,20,22);1H. The molecule has 24 heavy (non-hydrogen) atoms. The summed E-state index contributed by atoms with van der Waals surface area (Å²) in [4.78, 5) is 24.8. The summed E-state index contributed by atoms with van der Waals surface area (Å²) in [6.45, 7) is -0.136. The lowest BCUT2D eigenvalue weighted by Crippen LogP contribution is -2.42. The predicted octanol–water partition coefficient (Wildman–Crippen LogP) is 1.69. The van der Waals surface area contributed by atoms with Crippen molar-refractivity contribution in [3.8, 4) is 0 Å². The lowest BCUT2D eigenvalue weighted by atomic mass is 10.1. The van der Waals surface area contributed by atoms with Crippen LogP contribution >= 0.6 is 12.4 Å². The van der Waals surface area contributed by atoms with Gasteiger partial charge in [0.15, 0.2) is 0 Å². The van der Waals surface area contributed by atoms with Gasteiger partial charge in [0.25, 0.3) is 0 Å². The lowest BCUT2D eigenvalue weighted by molar-refractivity contribution is -0.137. The first-order chi connectivity index (χ1) is 10.8. The third kappa shape index (κ3) is 5.68. The molecule has 9 heteroatoms. The fourth-order valence-corrected chi connectivity index (χ4v) is 2.15. The van der Waals surface area contributed by atoms with Gasteiger partial charge in [-0.05, 0) is 30.5 Å². The van der Waals surface area contributed by atoms with Gasteiger partial charge in [0.1, 0.15) is 0 Å². The first kappa shape index (κ1) is 20.2. The van der Waals surface area contributed by atoms with Crippen LogP contribution < -0.4 is 11.1 Å². The zero-order valence-electron chi connectivity index (χ0n) is 12.8. The number of benzene rings is 1. The van der Waals surface area contributed by atoms with Gasteiger partial charge in [0, 0.05) is 12.6 Å². The zero-order chi connectivity index (χ0) is 17.0. The minimum atomic E-state index is -4.38. The maximum absolute atomic E-state index is 12.5. The maximum Gasteiger partial charge on any atom is 0.416 e. The molecule has 1 aliphatic rings. The third-order valence-electron chi connectivity index (χ3n) is 3.56. The Balaban J connectivity index is 0.00000288. The number of halogens is 4. The van der Waals surface area contributed by atoms with Crippen molar-refractivity contribution in [1.82, 2.24) is 10.2 Å². The minimum Gasteiger partial charge on any atom is -0.346 e. The molecule has 0 heterocycles. The Morgan fingerprint density at radius 3 is 2.25 bits per heavy atom. The number of carbonyl (C=O) groups excluding carboxylic acids is 2. The molecule has 134 valence electrons. The Hall–Kier alpha value is -1.80. The second-order valence-corrected chi connectivity index (χ2v) is 5.43. The van der Waals surface area contributed by atoms with E-state index in [0.29, 0.717) is 5.56 Å². The van der Waals surface area contributed by atoms with Crippen molar-refractivity contribution < 1.29 is 22.8 Å². The van der Waals surface area contributed by atoms with Crippen LogP contribution in [0.2, 0.25) is 0 Å². The number of nitrogens with two attached hydrogens (primary N) is 1. The van der Waals surface area contributed by atoms with E-state index in [1.165, 1.54) is 12.1 Å². The Kier molecular flexibility index (Phi) is 7.04. The summed E-state index contributed by atoms with van der Waals surface area (Å²) in [7, 11) is 0. The van der Waals surface area contributed by atoms with Crippen molar-refractivity contribution in [2.45, 2.75) is 31.6 Å². The molecule has 3 N–H and O–H groups in total. The van der Waals surface area contributed by atoms with E-state index in [1.807, 2.05) is 0 Å². The van der Waals surface area contributed by atoms with Crippen LogP contribution in [0.5, 0.6) is 0 Å². The Bertz CT molecular complexity index is 574. The fourth-order valence-electron chi connectivity index (χ4n) is 2.15. The normalized spacial score (nSPS) is 13.8. The molecule has 1 fully saturated rings. The van der Waals surface area contributed by atoms with Crippen LogP contribution in [0, 0.1) is 0 Å². The number of rotatable bonds is 6. The molecule has 1 aromatic rings. The summed E-state index contributed by atoms with van der Waals surface area (Å²) in [6, 6.07) is 4.82. The van der Waals surface area contributed by atoms with Crippen LogP contribution in [-0.4, -0.2) is 35.8 Å². The Labute approximate surface area is 143 Å². The molecule has 0 saturated heterocycles. The third-order valence-corrected chi connectivity index (χ3v) is 3.56. The number of hydrogen-bond acceptors (Lipinski definition) is 3. The molecule has 1 saturated carbocycles. The SMILES string of the molecule is Cl.NCC(=O)NCC(=O)N(Cc1ccc(C(F)(F)F)cc1)C1CC1. The molecule has 5 nitrogen and oxygen atoms in total. The van der Waals surface area contributed by atoms with Gasteiger partial charge in [0.05, 0.1) is 18.7 Å². The number of alkyl halides is 3. The molecule has 2 amide bonds. The van der Waals surface area contributed by atoms with Crippen molar-refractivity contribution in [1.29, 1.82) is 0 Å². The number of nitrogens with one attached hydrogen (secondary N) is 1. The smallest absolute Gasteiger partial charge is 0.346 e. The first-order valence-corrected chi connectivity index (χ1v) is 7.23. The molecule has 2 rings (SSSR count). The molecular weight excluding hydrogens is 347 g/mol. The minimum absolute atomic E-state index is 0. The molecular formula is C15H19ClF3N3O2. The fraction of sp³-hybridized carbons (Fsp3) is 0.467. The van der Waals surface area contributed by atoms with E-state index in [4.69, 9.17) is 5.73 Å². The quantitative estimate of drug-likeness (QED) is 0.805. The van der Waals surface area contributed by atoms with Gasteiger partial charge in [-0.1, -0.05) is 12.1 Å². The summed E-state index contributed by atoms with van der Waals surface area (Å²) in [6.07, 6.45) is -2.66. The Morgan fingerprint density at radius 1 is 1.21 bits per heavy atom. The Morgan fingerprint density at radius 2 is 1.79 bits per heavy atom. The summed E-state index contributed by atoms with van der Waals surface area (Å²) in [5.74, 6) is -0.696. The van der Waals surface area contributed by atoms with E-state index in [1.54, 1.807) is 4.90 Å². The molecule has 0 aliphatic heterocycles. The molecule has 0 atom stereocenters. The van der Waals surface area contributed by atoms with Crippen LogP contribution in [0.3, 0.4) is 0 Å². The number of hydrogen-bond donors (Lipinski definition) is 2. The van der Waals surface area contributed by atoms with E-state index in [0.717, 1.165) is 25.0 Å². The highest BCUT2D eigenvalue weighted by molar-refractivity contribution is 5.86. The van der Waals surface area contributed by atoms with E-state index in [2.05, 4.69) is 5.32 Å². The highest BCUT2D eigenvalue weighted by Gasteiger charge is 2.33. The summed E-state index contributed by atoms with van der Waals surface area (Å²) in [5.41, 5.74) is 5.04. The largest absolute Gasteiger partial charge is 0.416 e. The van der Waals surface area contributed by atoms with Gasteiger partial charge in [0.2, 0.25) is 11.8 Å². The molecule has 0 spiro atoms. The highest BCUT2D eigenvalue weighted by Crippen LogP contribution is 2.31. The molecule has 0 aromatic heterocycles. The van der Waals surface area contributed by atoms with Crippen LogP contribution in [0.15, 0.2) is 24.3 Å². The van der Waals surface area contributed by atoms with Gasteiger partial charge in [-0.3, -0.25) is 9.59 Å². The molecule has 0 unspecified atom stereocenters. The van der Waals surface area contributed by atoms with Gasteiger partial charge >= 0.3 is 6.18 Å². The van der Waals surface area contributed by atoms with Crippen LogP contribution in [0.4, 0.5) is 13.2 Å². The lowest BCUT2D eigenvalue weighted by Gasteiger charge is -2.23.